The largest absolute Gasteiger partial charge is 0.466 e. The zero-order valence-electron chi connectivity index (χ0n) is 10.3. The normalized spacial score (nSPS) is 10.5. The molecule has 1 amide bonds. The monoisotopic (exact) mass is 285 g/mol. The van der Waals surface area contributed by atoms with Crippen LogP contribution in [0.15, 0.2) is 30.4 Å². The van der Waals surface area contributed by atoms with Crippen molar-refractivity contribution in [3.8, 4) is 0 Å². The number of hydrogen-bond acceptors (Lipinski definition) is 3. The van der Waals surface area contributed by atoms with Crippen LogP contribution in [0.1, 0.15) is 5.56 Å². The lowest BCUT2D eigenvalue weighted by molar-refractivity contribution is -0.134. The van der Waals surface area contributed by atoms with E-state index in [-0.39, 0.29) is 23.9 Å². The van der Waals surface area contributed by atoms with Crippen molar-refractivity contribution >= 4 is 23.5 Å². The average Bonchev–Trinajstić information content (AvgIpc) is 2.38. The summed E-state index contributed by atoms with van der Waals surface area (Å²) in [6.07, 6.45) is 2.72. The first-order chi connectivity index (χ1) is 9.02. The molecule has 0 saturated carbocycles. The van der Waals surface area contributed by atoms with Gasteiger partial charge in [0.05, 0.1) is 18.6 Å². The summed E-state index contributed by atoms with van der Waals surface area (Å²) in [4.78, 5) is 22.2. The predicted molar refractivity (Wildman–Crippen MR) is 69.3 cm³/mol. The molecule has 1 aromatic rings. The van der Waals surface area contributed by atoms with Crippen molar-refractivity contribution < 1.29 is 18.7 Å². The number of halogens is 2. The number of esters is 1. The maximum absolute atomic E-state index is 13.1. The van der Waals surface area contributed by atoms with E-state index in [9.17, 15) is 14.0 Å². The zero-order valence-corrected chi connectivity index (χ0v) is 11.0. The lowest BCUT2D eigenvalue weighted by Crippen LogP contribution is -2.25. The summed E-state index contributed by atoms with van der Waals surface area (Å²) in [7, 11) is 1.26. The number of carbonyl (C=O) groups is 2. The van der Waals surface area contributed by atoms with Crippen LogP contribution in [-0.2, 0) is 20.7 Å². The van der Waals surface area contributed by atoms with Crippen molar-refractivity contribution in [2.45, 2.75) is 6.42 Å². The minimum Gasteiger partial charge on any atom is -0.466 e. The van der Waals surface area contributed by atoms with E-state index in [1.54, 1.807) is 6.07 Å². The second-order valence-corrected chi connectivity index (χ2v) is 4.06. The Labute approximate surface area is 115 Å². The van der Waals surface area contributed by atoms with Crippen LogP contribution >= 0.6 is 11.6 Å². The fourth-order valence-corrected chi connectivity index (χ4v) is 1.41. The standard InChI is InChI=1S/C13H13ClFNO3/c1-19-13(18)3-2-6-16-12(17)8-9-4-5-10(14)11(15)7-9/h2-5,7H,6,8H2,1H3,(H,16,17)/b3-2+. The molecule has 0 aromatic heterocycles. The maximum Gasteiger partial charge on any atom is 0.330 e. The number of ether oxygens (including phenoxy) is 1. The number of hydrogen-bond donors (Lipinski definition) is 1. The highest BCUT2D eigenvalue weighted by molar-refractivity contribution is 6.30. The Morgan fingerprint density at radius 1 is 1.47 bits per heavy atom. The van der Waals surface area contributed by atoms with Gasteiger partial charge in [-0.05, 0) is 17.7 Å². The van der Waals surface area contributed by atoms with Gasteiger partial charge in [-0.3, -0.25) is 4.79 Å². The minimum atomic E-state index is -0.558. The van der Waals surface area contributed by atoms with Gasteiger partial charge in [-0.2, -0.15) is 0 Å². The Morgan fingerprint density at radius 3 is 2.84 bits per heavy atom. The van der Waals surface area contributed by atoms with Gasteiger partial charge in [0, 0.05) is 12.6 Å². The highest BCUT2D eigenvalue weighted by Crippen LogP contribution is 2.15. The summed E-state index contributed by atoms with van der Waals surface area (Å²) >= 11 is 5.53. The Balaban J connectivity index is 2.41. The molecule has 4 nitrogen and oxygen atoms in total. The van der Waals surface area contributed by atoms with E-state index in [0.717, 1.165) is 0 Å². The summed E-state index contributed by atoms with van der Waals surface area (Å²) in [5, 5.41) is 2.57. The summed E-state index contributed by atoms with van der Waals surface area (Å²) < 4.78 is 17.5. The van der Waals surface area contributed by atoms with Crippen molar-refractivity contribution in [3.63, 3.8) is 0 Å². The molecule has 0 bridgehead atoms. The van der Waals surface area contributed by atoms with Gasteiger partial charge < -0.3 is 10.1 Å². The first-order valence-corrected chi connectivity index (χ1v) is 5.86. The summed E-state index contributed by atoms with van der Waals surface area (Å²) in [5.74, 6) is -1.33. The molecule has 6 heteroatoms. The molecule has 1 aromatic carbocycles. The molecule has 0 aliphatic heterocycles. The third-order valence-corrected chi connectivity index (χ3v) is 2.53. The van der Waals surface area contributed by atoms with Crippen LogP contribution in [0, 0.1) is 5.82 Å². The van der Waals surface area contributed by atoms with Gasteiger partial charge in [0.25, 0.3) is 0 Å². The fraction of sp³-hybridized carbons (Fsp3) is 0.231. The molecule has 0 aliphatic carbocycles. The van der Waals surface area contributed by atoms with Crippen LogP contribution in [0.2, 0.25) is 5.02 Å². The van der Waals surface area contributed by atoms with Gasteiger partial charge in [-0.1, -0.05) is 23.7 Å². The Kier molecular flexibility index (Phi) is 6.02. The van der Waals surface area contributed by atoms with E-state index in [1.165, 1.54) is 31.4 Å². The molecule has 0 aliphatic rings. The second-order valence-electron chi connectivity index (χ2n) is 3.65. The van der Waals surface area contributed by atoms with Crippen LogP contribution in [0.4, 0.5) is 4.39 Å². The third-order valence-electron chi connectivity index (χ3n) is 2.22. The van der Waals surface area contributed by atoms with Crippen LogP contribution in [-0.4, -0.2) is 25.5 Å². The number of amides is 1. The van der Waals surface area contributed by atoms with Crippen LogP contribution in [0.5, 0.6) is 0 Å². The Bertz CT molecular complexity index is 503. The average molecular weight is 286 g/mol. The van der Waals surface area contributed by atoms with Gasteiger partial charge >= 0.3 is 5.97 Å². The number of nitrogens with one attached hydrogen (secondary N) is 1. The van der Waals surface area contributed by atoms with E-state index in [1.807, 2.05) is 0 Å². The van der Waals surface area contributed by atoms with Crippen molar-refractivity contribution in [2.24, 2.45) is 0 Å². The number of carbonyl (C=O) groups excluding carboxylic acids is 2. The van der Waals surface area contributed by atoms with E-state index < -0.39 is 11.8 Å². The summed E-state index contributed by atoms with van der Waals surface area (Å²) in [6.45, 7) is 0.198. The highest BCUT2D eigenvalue weighted by Gasteiger charge is 2.05. The minimum absolute atomic E-state index is 0.0187. The summed E-state index contributed by atoms with van der Waals surface area (Å²) in [6, 6.07) is 4.19. The quantitative estimate of drug-likeness (QED) is 0.664. The number of methoxy groups -OCH3 is 1. The topological polar surface area (TPSA) is 55.4 Å². The summed E-state index contributed by atoms with van der Waals surface area (Å²) in [5.41, 5.74) is 0.524. The van der Waals surface area contributed by atoms with Crippen LogP contribution < -0.4 is 5.32 Å². The first-order valence-electron chi connectivity index (χ1n) is 5.48. The van der Waals surface area contributed by atoms with Gasteiger partial charge in [-0.25, -0.2) is 9.18 Å². The number of rotatable bonds is 5. The maximum atomic E-state index is 13.1. The van der Waals surface area contributed by atoms with E-state index in [4.69, 9.17) is 11.6 Å². The molecular weight excluding hydrogens is 273 g/mol. The van der Waals surface area contributed by atoms with E-state index in [0.29, 0.717) is 5.56 Å². The second kappa shape index (κ2) is 7.53. The Hall–Kier alpha value is -1.88. The molecule has 102 valence electrons. The first kappa shape index (κ1) is 15.2. The van der Waals surface area contributed by atoms with Crippen molar-refractivity contribution in [1.29, 1.82) is 0 Å². The van der Waals surface area contributed by atoms with Crippen molar-refractivity contribution in [3.05, 3.63) is 46.8 Å². The molecule has 1 N–H and O–H groups in total. The van der Waals surface area contributed by atoms with Gasteiger partial charge in [0.15, 0.2) is 0 Å². The molecule has 0 saturated heterocycles. The molecule has 0 heterocycles. The fourth-order valence-electron chi connectivity index (χ4n) is 1.29. The predicted octanol–water partition coefficient (Wildman–Crippen LogP) is 1.87. The van der Waals surface area contributed by atoms with E-state index >= 15 is 0 Å². The van der Waals surface area contributed by atoms with E-state index in [2.05, 4.69) is 10.1 Å². The smallest absolute Gasteiger partial charge is 0.330 e. The van der Waals surface area contributed by atoms with Crippen LogP contribution in [0.25, 0.3) is 0 Å². The molecule has 19 heavy (non-hydrogen) atoms. The van der Waals surface area contributed by atoms with Crippen LogP contribution in [0.3, 0.4) is 0 Å². The zero-order chi connectivity index (χ0) is 14.3. The number of benzene rings is 1. The molecule has 0 fully saturated rings. The van der Waals surface area contributed by atoms with Crippen molar-refractivity contribution in [2.75, 3.05) is 13.7 Å². The third kappa shape index (κ3) is 5.52. The lowest BCUT2D eigenvalue weighted by Gasteiger charge is -2.03. The molecule has 0 atom stereocenters. The van der Waals surface area contributed by atoms with Gasteiger partial charge in [0.2, 0.25) is 5.91 Å². The molecular formula is C13H13ClFNO3. The molecule has 0 radical (unpaired) electrons. The lowest BCUT2D eigenvalue weighted by atomic mass is 10.1. The highest BCUT2D eigenvalue weighted by atomic mass is 35.5. The Morgan fingerprint density at radius 2 is 2.21 bits per heavy atom. The molecule has 0 unspecified atom stereocenters. The molecule has 0 spiro atoms. The molecule has 1 rings (SSSR count). The van der Waals surface area contributed by atoms with Crippen molar-refractivity contribution in [1.82, 2.24) is 5.32 Å². The van der Waals surface area contributed by atoms with Gasteiger partial charge in [-0.15, -0.1) is 0 Å². The van der Waals surface area contributed by atoms with Gasteiger partial charge in [0.1, 0.15) is 5.82 Å². The SMILES string of the molecule is COC(=O)/C=C/CNC(=O)Cc1ccc(Cl)c(F)c1.